The molecule has 0 bridgehead atoms. The third kappa shape index (κ3) is 5.24. The van der Waals surface area contributed by atoms with Gasteiger partial charge in [0.1, 0.15) is 0 Å². The largest absolute Gasteiger partial charge is 0.385 e. The van der Waals surface area contributed by atoms with Gasteiger partial charge in [-0.25, -0.2) is 0 Å². The lowest BCUT2D eigenvalue weighted by atomic mass is 10.1. The summed E-state index contributed by atoms with van der Waals surface area (Å²) < 4.78 is 5.00. The summed E-state index contributed by atoms with van der Waals surface area (Å²) in [6.07, 6.45) is 7.37. The van der Waals surface area contributed by atoms with E-state index in [9.17, 15) is 0 Å². The number of aromatic nitrogens is 1. The van der Waals surface area contributed by atoms with Crippen molar-refractivity contribution >= 4 is 0 Å². The number of methoxy groups -OCH3 is 1. The number of nitrogens with one attached hydrogen (secondary N) is 1. The van der Waals surface area contributed by atoms with Crippen LogP contribution in [-0.2, 0) is 11.3 Å². The second kappa shape index (κ2) is 8.25. The van der Waals surface area contributed by atoms with Gasteiger partial charge in [0, 0.05) is 32.7 Å². The zero-order chi connectivity index (χ0) is 11.6. The van der Waals surface area contributed by atoms with Gasteiger partial charge in [0.25, 0.3) is 0 Å². The molecule has 0 atom stereocenters. The van der Waals surface area contributed by atoms with Gasteiger partial charge in [0.2, 0.25) is 0 Å². The SMILES string of the molecule is COCCCCCNCc1cnccc1C. The molecule has 1 aromatic rings. The molecule has 0 aliphatic heterocycles. The lowest BCUT2D eigenvalue weighted by molar-refractivity contribution is 0.192. The van der Waals surface area contributed by atoms with E-state index in [1.165, 1.54) is 24.0 Å². The van der Waals surface area contributed by atoms with Crippen LogP contribution in [0.4, 0.5) is 0 Å². The van der Waals surface area contributed by atoms with Gasteiger partial charge in [-0.15, -0.1) is 0 Å². The summed E-state index contributed by atoms with van der Waals surface area (Å²) in [4.78, 5) is 4.13. The van der Waals surface area contributed by atoms with Crippen molar-refractivity contribution in [1.82, 2.24) is 10.3 Å². The first kappa shape index (κ1) is 13.1. The van der Waals surface area contributed by atoms with Crippen molar-refractivity contribution in [3.63, 3.8) is 0 Å². The fraction of sp³-hybridized carbons (Fsp3) is 0.615. The molecule has 0 spiro atoms. The second-order valence-electron chi connectivity index (χ2n) is 4.03. The summed E-state index contributed by atoms with van der Waals surface area (Å²) in [6, 6.07) is 2.05. The van der Waals surface area contributed by atoms with Crippen molar-refractivity contribution < 1.29 is 4.74 Å². The maximum atomic E-state index is 5.00. The normalized spacial score (nSPS) is 10.6. The summed E-state index contributed by atoms with van der Waals surface area (Å²) in [5.41, 5.74) is 2.60. The van der Waals surface area contributed by atoms with Crippen molar-refractivity contribution in [3.8, 4) is 0 Å². The molecule has 0 aromatic carbocycles. The molecule has 1 aromatic heterocycles. The first-order valence-corrected chi connectivity index (χ1v) is 5.93. The van der Waals surface area contributed by atoms with Crippen LogP contribution in [0.2, 0.25) is 0 Å². The van der Waals surface area contributed by atoms with E-state index in [0.29, 0.717) is 0 Å². The van der Waals surface area contributed by atoms with Crippen LogP contribution >= 0.6 is 0 Å². The molecule has 1 N–H and O–H groups in total. The van der Waals surface area contributed by atoms with Crippen LogP contribution in [0.3, 0.4) is 0 Å². The number of hydrogen-bond donors (Lipinski definition) is 1. The predicted molar refractivity (Wildman–Crippen MR) is 66.4 cm³/mol. The Morgan fingerprint density at radius 1 is 1.31 bits per heavy atom. The van der Waals surface area contributed by atoms with Gasteiger partial charge in [0.15, 0.2) is 0 Å². The van der Waals surface area contributed by atoms with E-state index in [1.807, 2.05) is 12.4 Å². The minimum Gasteiger partial charge on any atom is -0.385 e. The van der Waals surface area contributed by atoms with E-state index >= 15 is 0 Å². The van der Waals surface area contributed by atoms with Gasteiger partial charge in [-0.2, -0.15) is 0 Å². The molecule has 16 heavy (non-hydrogen) atoms. The van der Waals surface area contributed by atoms with Crippen molar-refractivity contribution in [1.29, 1.82) is 0 Å². The van der Waals surface area contributed by atoms with Crippen LogP contribution in [0.5, 0.6) is 0 Å². The molecule has 0 radical (unpaired) electrons. The number of ether oxygens (including phenoxy) is 1. The number of hydrogen-bond acceptors (Lipinski definition) is 3. The number of unbranched alkanes of at least 4 members (excludes halogenated alkanes) is 2. The standard InChI is InChI=1S/C13H22N2O/c1-12-6-8-15-11-13(12)10-14-7-4-3-5-9-16-2/h6,8,11,14H,3-5,7,9-10H2,1-2H3. The maximum Gasteiger partial charge on any atom is 0.0462 e. The lowest BCUT2D eigenvalue weighted by Crippen LogP contribution is -2.15. The van der Waals surface area contributed by atoms with Gasteiger partial charge in [-0.3, -0.25) is 4.98 Å². The monoisotopic (exact) mass is 222 g/mol. The maximum absolute atomic E-state index is 5.00. The summed E-state index contributed by atoms with van der Waals surface area (Å²) >= 11 is 0. The van der Waals surface area contributed by atoms with Crippen LogP contribution in [0.25, 0.3) is 0 Å². The Kier molecular flexibility index (Phi) is 6.77. The molecule has 3 nitrogen and oxygen atoms in total. The third-order valence-corrected chi connectivity index (χ3v) is 2.66. The number of aryl methyl sites for hydroxylation is 1. The minimum atomic E-state index is 0.877. The lowest BCUT2D eigenvalue weighted by Gasteiger charge is -2.06. The summed E-state index contributed by atoms with van der Waals surface area (Å²) in [6.45, 7) is 4.99. The molecule has 0 fully saturated rings. The molecule has 1 heterocycles. The van der Waals surface area contributed by atoms with Crippen molar-refractivity contribution in [3.05, 3.63) is 29.6 Å². The van der Waals surface area contributed by atoms with E-state index < -0.39 is 0 Å². The summed E-state index contributed by atoms with van der Waals surface area (Å²) in [5.74, 6) is 0. The fourth-order valence-electron chi connectivity index (χ4n) is 1.58. The average molecular weight is 222 g/mol. The molecular weight excluding hydrogens is 200 g/mol. The van der Waals surface area contributed by atoms with Gasteiger partial charge in [-0.1, -0.05) is 0 Å². The molecule has 90 valence electrons. The molecular formula is C13H22N2O. The zero-order valence-electron chi connectivity index (χ0n) is 10.3. The number of pyridine rings is 1. The smallest absolute Gasteiger partial charge is 0.0462 e. The van der Waals surface area contributed by atoms with E-state index in [-0.39, 0.29) is 0 Å². The Labute approximate surface area is 98.2 Å². The second-order valence-corrected chi connectivity index (χ2v) is 4.03. The van der Waals surface area contributed by atoms with Crippen molar-refractivity contribution in [2.75, 3.05) is 20.3 Å². The van der Waals surface area contributed by atoms with Crippen LogP contribution in [0, 0.1) is 6.92 Å². The first-order valence-electron chi connectivity index (χ1n) is 5.93. The Morgan fingerprint density at radius 3 is 2.94 bits per heavy atom. The molecule has 3 heteroatoms. The highest BCUT2D eigenvalue weighted by Gasteiger charge is 1.96. The van der Waals surface area contributed by atoms with E-state index in [2.05, 4.69) is 23.3 Å². The van der Waals surface area contributed by atoms with Gasteiger partial charge in [-0.05, 0) is 49.9 Å². The summed E-state index contributed by atoms with van der Waals surface area (Å²) in [7, 11) is 1.75. The molecule has 1 rings (SSSR count). The molecule has 0 aliphatic carbocycles. The molecule has 0 aliphatic rings. The van der Waals surface area contributed by atoms with Crippen LogP contribution in [-0.4, -0.2) is 25.2 Å². The zero-order valence-corrected chi connectivity index (χ0v) is 10.3. The quantitative estimate of drug-likeness (QED) is 0.685. The van der Waals surface area contributed by atoms with Crippen molar-refractivity contribution in [2.24, 2.45) is 0 Å². The van der Waals surface area contributed by atoms with Crippen LogP contribution in [0.1, 0.15) is 30.4 Å². The number of nitrogens with zero attached hydrogens (tertiary/aromatic N) is 1. The van der Waals surface area contributed by atoms with Crippen LogP contribution in [0.15, 0.2) is 18.5 Å². The molecule has 0 amide bonds. The Bertz CT molecular complexity index is 289. The fourth-order valence-corrected chi connectivity index (χ4v) is 1.58. The Hall–Kier alpha value is -0.930. The summed E-state index contributed by atoms with van der Waals surface area (Å²) in [5, 5.41) is 3.44. The highest BCUT2D eigenvalue weighted by Crippen LogP contribution is 2.04. The molecule has 0 saturated carbocycles. The van der Waals surface area contributed by atoms with E-state index in [4.69, 9.17) is 4.74 Å². The van der Waals surface area contributed by atoms with Crippen LogP contribution < -0.4 is 5.32 Å². The van der Waals surface area contributed by atoms with E-state index in [0.717, 1.165) is 26.1 Å². The third-order valence-electron chi connectivity index (χ3n) is 2.66. The highest BCUT2D eigenvalue weighted by molar-refractivity contribution is 5.20. The van der Waals surface area contributed by atoms with Gasteiger partial charge in [0.05, 0.1) is 0 Å². The van der Waals surface area contributed by atoms with Crippen molar-refractivity contribution in [2.45, 2.75) is 32.7 Å². The Morgan fingerprint density at radius 2 is 2.19 bits per heavy atom. The Balaban J connectivity index is 2.05. The molecule has 0 unspecified atom stereocenters. The van der Waals surface area contributed by atoms with Gasteiger partial charge < -0.3 is 10.1 Å². The first-order chi connectivity index (χ1) is 7.84. The molecule has 0 saturated heterocycles. The van der Waals surface area contributed by atoms with Gasteiger partial charge >= 0.3 is 0 Å². The average Bonchev–Trinajstić information content (AvgIpc) is 2.30. The minimum absolute atomic E-state index is 0.877. The predicted octanol–water partition coefficient (Wildman–Crippen LogP) is 2.30. The highest BCUT2D eigenvalue weighted by atomic mass is 16.5. The van der Waals surface area contributed by atoms with E-state index in [1.54, 1.807) is 7.11 Å². The topological polar surface area (TPSA) is 34.1 Å². The number of rotatable bonds is 8.